The number of thioether (sulfide) groups is 1. The standard InChI is InChI=1S/C15H13ClN2O2S2/c16-12-6-8-13(9-7-12)22(19,20)18-10-14(21-15(18)17)11-4-2-1-3-5-11/h1-9,14,17H,10H2. The third-order valence-electron chi connectivity index (χ3n) is 3.39. The largest absolute Gasteiger partial charge is 0.278 e. The second kappa shape index (κ2) is 5.95. The molecule has 2 aromatic rings. The van der Waals surface area contributed by atoms with Crippen molar-refractivity contribution in [2.75, 3.05) is 6.54 Å². The minimum Gasteiger partial charge on any atom is -0.278 e. The van der Waals surface area contributed by atoms with Crippen LogP contribution in [0.3, 0.4) is 0 Å². The summed E-state index contributed by atoms with van der Waals surface area (Å²) in [6.45, 7) is 0.262. The van der Waals surface area contributed by atoms with Crippen molar-refractivity contribution in [3.05, 3.63) is 65.2 Å². The lowest BCUT2D eigenvalue weighted by molar-refractivity contribution is 0.528. The third-order valence-corrected chi connectivity index (χ3v) is 6.68. The molecule has 1 heterocycles. The number of nitrogens with one attached hydrogen (secondary N) is 1. The van der Waals surface area contributed by atoms with Gasteiger partial charge in [-0.2, -0.15) is 0 Å². The topological polar surface area (TPSA) is 61.2 Å². The van der Waals surface area contributed by atoms with Gasteiger partial charge in [-0.1, -0.05) is 53.7 Å². The molecule has 1 saturated heterocycles. The van der Waals surface area contributed by atoms with Gasteiger partial charge in [0.1, 0.15) is 0 Å². The van der Waals surface area contributed by atoms with Crippen LogP contribution in [-0.2, 0) is 10.0 Å². The molecule has 0 bridgehead atoms. The Hall–Kier alpha value is -1.50. The van der Waals surface area contributed by atoms with Gasteiger partial charge in [0.25, 0.3) is 10.0 Å². The molecule has 0 aliphatic carbocycles. The summed E-state index contributed by atoms with van der Waals surface area (Å²) >= 11 is 7.05. The summed E-state index contributed by atoms with van der Waals surface area (Å²) in [4.78, 5) is 0.149. The molecule has 22 heavy (non-hydrogen) atoms. The molecule has 1 atom stereocenters. The molecule has 0 aromatic heterocycles. The number of amidine groups is 1. The summed E-state index contributed by atoms with van der Waals surface area (Å²) in [7, 11) is -3.72. The molecule has 3 rings (SSSR count). The van der Waals surface area contributed by atoms with E-state index in [-0.39, 0.29) is 21.9 Å². The summed E-state index contributed by atoms with van der Waals surface area (Å²) in [6, 6.07) is 15.6. The highest BCUT2D eigenvalue weighted by Crippen LogP contribution is 2.40. The molecule has 2 aromatic carbocycles. The Kier molecular flexibility index (Phi) is 4.16. The van der Waals surface area contributed by atoms with Gasteiger partial charge in [-0.05, 0) is 29.8 Å². The lowest BCUT2D eigenvalue weighted by Gasteiger charge is -2.17. The highest BCUT2D eigenvalue weighted by Gasteiger charge is 2.37. The molecule has 4 nitrogen and oxygen atoms in total. The lowest BCUT2D eigenvalue weighted by Crippen LogP contribution is -2.31. The Morgan fingerprint density at radius 1 is 1.09 bits per heavy atom. The Labute approximate surface area is 138 Å². The van der Waals surface area contributed by atoms with E-state index in [0.717, 1.165) is 9.87 Å². The minimum atomic E-state index is -3.72. The van der Waals surface area contributed by atoms with Crippen molar-refractivity contribution in [3.8, 4) is 0 Å². The van der Waals surface area contributed by atoms with Crippen LogP contribution in [0.4, 0.5) is 0 Å². The molecule has 1 aliphatic heterocycles. The first kappa shape index (κ1) is 15.4. The molecule has 1 fully saturated rings. The van der Waals surface area contributed by atoms with Crippen molar-refractivity contribution in [3.63, 3.8) is 0 Å². The smallest absolute Gasteiger partial charge is 0.265 e. The first-order valence-electron chi connectivity index (χ1n) is 6.57. The van der Waals surface area contributed by atoms with Crippen molar-refractivity contribution in [2.24, 2.45) is 0 Å². The van der Waals surface area contributed by atoms with Crippen LogP contribution in [0.15, 0.2) is 59.5 Å². The van der Waals surface area contributed by atoms with Crippen LogP contribution >= 0.6 is 23.4 Å². The highest BCUT2D eigenvalue weighted by atomic mass is 35.5. The summed E-state index contributed by atoms with van der Waals surface area (Å²) in [5.74, 6) is 0. The number of nitrogens with zero attached hydrogens (tertiary/aromatic N) is 1. The van der Waals surface area contributed by atoms with E-state index >= 15 is 0 Å². The van der Waals surface area contributed by atoms with Crippen LogP contribution in [0, 0.1) is 5.41 Å². The Balaban J connectivity index is 1.89. The molecule has 0 spiro atoms. The summed E-state index contributed by atoms with van der Waals surface area (Å²) in [5, 5.41) is 8.48. The van der Waals surface area contributed by atoms with Gasteiger partial charge in [0.2, 0.25) is 0 Å². The third kappa shape index (κ3) is 2.86. The van der Waals surface area contributed by atoms with Gasteiger partial charge in [0.05, 0.1) is 16.7 Å². The summed E-state index contributed by atoms with van der Waals surface area (Å²) in [5.41, 5.74) is 1.02. The van der Waals surface area contributed by atoms with Crippen LogP contribution in [0.25, 0.3) is 0 Å². The molecule has 1 aliphatic rings. The second-order valence-electron chi connectivity index (χ2n) is 4.81. The van der Waals surface area contributed by atoms with Gasteiger partial charge in [-0.3, -0.25) is 5.41 Å². The van der Waals surface area contributed by atoms with Crippen molar-refractivity contribution < 1.29 is 8.42 Å². The zero-order valence-corrected chi connectivity index (χ0v) is 13.8. The van der Waals surface area contributed by atoms with Crippen LogP contribution in [0.1, 0.15) is 10.8 Å². The fraction of sp³-hybridized carbons (Fsp3) is 0.133. The quantitative estimate of drug-likeness (QED) is 0.915. The molecular weight excluding hydrogens is 340 g/mol. The average Bonchev–Trinajstić information content (AvgIpc) is 2.91. The van der Waals surface area contributed by atoms with Crippen LogP contribution in [0.5, 0.6) is 0 Å². The lowest BCUT2D eigenvalue weighted by atomic mass is 10.1. The van der Waals surface area contributed by atoms with Gasteiger partial charge in [0.15, 0.2) is 5.17 Å². The summed E-state index contributed by atoms with van der Waals surface area (Å²) in [6.07, 6.45) is 0. The van der Waals surface area contributed by atoms with E-state index < -0.39 is 10.0 Å². The first-order valence-corrected chi connectivity index (χ1v) is 9.27. The van der Waals surface area contributed by atoms with Crippen molar-refractivity contribution in [2.45, 2.75) is 10.1 Å². The number of benzene rings is 2. The first-order chi connectivity index (χ1) is 10.5. The highest BCUT2D eigenvalue weighted by molar-refractivity contribution is 8.15. The van der Waals surface area contributed by atoms with Gasteiger partial charge < -0.3 is 0 Å². The van der Waals surface area contributed by atoms with Gasteiger partial charge in [-0.15, -0.1) is 0 Å². The normalized spacial score (nSPS) is 18.7. The number of sulfonamides is 1. The predicted octanol–water partition coefficient (Wildman–Crippen LogP) is 3.75. The van der Waals surface area contributed by atoms with Crippen molar-refractivity contribution in [1.29, 1.82) is 5.41 Å². The van der Waals surface area contributed by atoms with E-state index in [1.54, 1.807) is 0 Å². The maximum atomic E-state index is 12.7. The predicted molar refractivity (Wildman–Crippen MR) is 89.8 cm³/mol. The van der Waals surface area contributed by atoms with Crippen molar-refractivity contribution >= 4 is 38.6 Å². The molecule has 7 heteroatoms. The van der Waals surface area contributed by atoms with E-state index in [9.17, 15) is 8.42 Å². The van der Waals surface area contributed by atoms with Gasteiger partial charge >= 0.3 is 0 Å². The molecule has 0 radical (unpaired) electrons. The molecule has 1 N–H and O–H groups in total. The van der Waals surface area contributed by atoms with E-state index in [1.807, 2.05) is 30.3 Å². The van der Waals surface area contributed by atoms with Gasteiger partial charge in [-0.25, -0.2) is 12.7 Å². The minimum absolute atomic E-state index is 0.0452. The average molecular weight is 353 g/mol. The van der Waals surface area contributed by atoms with Crippen LogP contribution in [0.2, 0.25) is 5.02 Å². The Morgan fingerprint density at radius 2 is 1.73 bits per heavy atom. The maximum Gasteiger partial charge on any atom is 0.265 e. The number of rotatable bonds is 3. The van der Waals surface area contributed by atoms with E-state index in [0.29, 0.717) is 5.02 Å². The fourth-order valence-electron chi connectivity index (χ4n) is 2.25. The zero-order chi connectivity index (χ0) is 15.7. The van der Waals surface area contributed by atoms with Gasteiger partial charge in [0, 0.05) is 5.02 Å². The molecule has 114 valence electrons. The monoisotopic (exact) mass is 352 g/mol. The number of hydrogen-bond donors (Lipinski definition) is 1. The van der Waals surface area contributed by atoms with Crippen molar-refractivity contribution in [1.82, 2.24) is 4.31 Å². The van der Waals surface area contributed by atoms with E-state index in [1.165, 1.54) is 36.0 Å². The second-order valence-corrected chi connectivity index (χ2v) is 8.30. The van der Waals surface area contributed by atoms with E-state index in [4.69, 9.17) is 17.0 Å². The summed E-state index contributed by atoms with van der Waals surface area (Å²) < 4.78 is 26.5. The molecular formula is C15H13ClN2O2S2. The molecule has 1 unspecified atom stereocenters. The Bertz CT molecular complexity index is 792. The fourth-order valence-corrected chi connectivity index (χ4v) is 5.17. The van der Waals surface area contributed by atoms with E-state index in [2.05, 4.69) is 0 Å². The maximum absolute atomic E-state index is 12.7. The zero-order valence-electron chi connectivity index (χ0n) is 11.4. The number of halogens is 1. The van der Waals surface area contributed by atoms with Crippen LogP contribution in [-0.4, -0.2) is 24.4 Å². The Morgan fingerprint density at radius 3 is 2.36 bits per heavy atom. The SMILES string of the molecule is N=C1SC(c2ccccc2)CN1S(=O)(=O)c1ccc(Cl)cc1. The molecule has 0 saturated carbocycles. The van der Waals surface area contributed by atoms with Crippen LogP contribution < -0.4 is 0 Å². The number of hydrogen-bond acceptors (Lipinski definition) is 4. The molecule has 0 amide bonds.